The average Bonchev–Trinajstić information content (AvgIpc) is 2.76. The Bertz CT molecular complexity index is 602. The van der Waals surface area contributed by atoms with E-state index in [1.807, 2.05) is 6.92 Å². The molecule has 0 aliphatic heterocycles. The fourth-order valence-electron chi connectivity index (χ4n) is 2.90. The second kappa shape index (κ2) is 4.96. The summed E-state index contributed by atoms with van der Waals surface area (Å²) >= 11 is 0. The van der Waals surface area contributed by atoms with E-state index in [1.165, 1.54) is 22.2 Å². The second-order valence-electron chi connectivity index (χ2n) is 5.07. The van der Waals surface area contributed by atoms with Crippen LogP contribution in [0.5, 0.6) is 0 Å². The number of benzene rings is 1. The molecule has 4 nitrogen and oxygen atoms in total. The number of para-hydroxylation sites is 1. The Morgan fingerprint density at radius 1 is 1.42 bits per heavy atom. The standard InChI is InChI=1S/C15H19N3O/c1-2-16-15(19)17-10-7-8-12-11-5-3-4-6-13(11)18-14(12)9-10/h3-6,10,18H,2,7-9H2,1H3,(H2,16,17,19). The number of aromatic nitrogens is 1. The minimum absolute atomic E-state index is 0.0629. The molecule has 1 aromatic carbocycles. The van der Waals surface area contributed by atoms with Crippen LogP contribution in [0, 0.1) is 0 Å². The molecule has 19 heavy (non-hydrogen) atoms. The molecule has 2 amide bonds. The van der Waals surface area contributed by atoms with Crippen molar-refractivity contribution in [2.75, 3.05) is 6.54 Å². The summed E-state index contributed by atoms with van der Waals surface area (Å²) < 4.78 is 0. The van der Waals surface area contributed by atoms with Gasteiger partial charge in [0.15, 0.2) is 0 Å². The number of carbonyl (C=O) groups is 1. The largest absolute Gasteiger partial charge is 0.358 e. The van der Waals surface area contributed by atoms with E-state index in [0.29, 0.717) is 6.54 Å². The Kier molecular flexibility index (Phi) is 3.15. The third kappa shape index (κ3) is 2.30. The summed E-state index contributed by atoms with van der Waals surface area (Å²) in [6.07, 6.45) is 2.92. The molecule has 1 aliphatic carbocycles. The second-order valence-corrected chi connectivity index (χ2v) is 5.07. The summed E-state index contributed by atoms with van der Waals surface area (Å²) in [6.45, 7) is 2.59. The molecule has 2 aromatic rings. The number of nitrogens with one attached hydrogen (secondary N) is 3. The highest BCUT2D eigenvalue weighted by Gasteiger charge is 2.23. The molecular weight excluding hydrogens is 238 g/mol. The fraction of sp³-hybridized carbons (Fsp3) is 0.400. The van der Waals surface area contributed by atoms with Crippen LogP contribution in [-0.2, 0) is 12.8 Å². The minimum Gasteiger partial charge on any atom is -0.358 e. The summed E-state index contributed by atoms with van der Waals surface area (Å²) in [5.74, 6) is 0. The lowest BCUT2D eigenvalue weighted by atomic mass is 9.92. The lowest BCUT2D eigenvalue weighted by Gasteiger charge is -2.23. The van der Waals surface area contributed by atoms with Crippen molar-refractivity contribution in [3.8, 4) is 0 Å². The van der Waals surface area contributed by atoms with Crippen molar-refractivity contribution < 1.29 is 4.79 Å². The van der Waals surface area contributed by atoms with Crippen LogP contribution in [0.4, 0.5) is 4.79 Å². The maximum absolute atomic E-state index is 11.6. The number of hydrogen-bond acceptors (Lipinski definition) is 1. The van der Waals surface area contributed by atoms with Crippen molar-refractivity contribution in [1.82, 2.24) is 15.6 Å². The van der Waals surface area contributed by atoms with E-state index in [1.54, 1.807) is 0 Å². The zero-order valence-corrected chi connectivity index (χ0v) is 11.1. The molecule has 1 aromatic heterocycles. The SMILES string of the molecule is CCNC(=O)NC1CCc2c([nH]c3ccccc23)C1. The monoisotopic (exact) mass is 257 g/mol. The van der Waals surface area contributed by atoms with Crippen molar-refractivity contribution in [2.45, 2.75) is 32.2 Å². The predicted molar refractivity (Wildman–Crippen MR) is 76.3 cm³/mol. The van der Waals surface area contributed by atoms with E-state index in [4.69, 9.17) is 0 Å². The summed E-state index contributed by atoms with van der Waals surface area (Å²) in [4.78, 5) is 15.0. The summed E-state index contributed by atoms with van der Waals surface area (Å²) in [6, 6.07) is 8.57. The van der Waals surface area contributed by atoms with Gasteiger partial charge in [-0.25, -0.2) is 4.79 Å². The van der Waals surface area contributed by atoms with Gasteiger partial charge in [0, 0.05) is 35.6 Å². The molecule has 0 bridgehead atoms. The normalized spacial score (nSPS) is 18.1. The van der Waals surface area contributed by atoms with E-state index < -0.39 is 0 Å². The van der Waals surface area contributed by atoms with E-state index in [9.17, 15) is 4.79 Å². The highest BCUT2D eigenvalue weighted by atomic mass is 16.2. The topological polar surface area (TPSA) is 56.9 Å². The first kappa shape index (κ1) is 12.1. The molecule has 0 fully saturated rings. The summed E-state index contributed by atoms with van der Waals surface area (Å²) in [5, 5.41) is 7.15. The highest BCUT2D eigenvalue weighted by molar-refractivity contribution is 5.85. The van der Waals surface area contributed by atoms with Crippen LogP contribution in [0.15, 0.2) is 24.3 Å². The van der Waals surface area contributed by atoms with Gasteiger partial charge in [-0.2, -0.15) is 0 Å². The van der Waals surface area contributed by atoms with Crippen LogP contribution in [-0.4, -0.2) is 23.6 Å². The lowest BCUT2D eigenvalue weighted by molar-refractivity contribution is 0.236. The number of rotatable bonds is 2. The molecule has 0 radical (unpaired) electrons. The zero-order valence-electron chi connectivity index (χ0n) is 11.1. The smallest absolute Gasteiger partial charge is 0.315 e. The van der Waals surface area contributed by atoms with Gasteiger partial charge in [0.05, 0.1) is 0 Å². The minimum atomic E-state index is -0.0629. The van der Waals surface area contributed by atoms with Crippen molar-refractivity contribution in [1.29, 1.82) is 0 Å². The Hall–Kier alpha value is -1.97. The Morgan fingerprint density at radius 3 is 3.11 bits per heavy atom. The number of fused-ring (bicyclic) bond motifs is 3. The van der Waals surface area contributed by atoms with Gasteiger partial charge in [0.2, 0.25) is 0 Å². The van der Waals surface area contributed by atoms with Gasteiger partial charge < -0.3 is 15.6 Å². The molecule has 1 unspecified atom stereocenters. The number of amides is 2. The molecule has 0 saturated carbocycles. The third-order valence-electron chi connectivity index (χ3n) is 3.77. The van der Waals surface area contributed by atoms with Crippen molar-refractivity contribution >= 4 is 16.9 Å². The molecular formula is C15H19N3O. The first-order valence-electron chi connectivity index (χ1n) is 6.90. The van der Waals surface area contributed by atoms with E-state index in [-0.39, 0.29) is 12.1 Å². The van der Waals surface area contributed by atoms with Gasteiger partial charge >= 0.3 is 6.03 Å². The molecule has 100 valence electrons. The highest BCUT2D eigenvalue weighted by Crippen LogP contribution is 2.28. The van der Waals surface area contributed by atoms with Gasteiger partial charge in [-0.1, -0.05) is 18.2 Å². The molecule has 1 heterocycles. The number of aryl methyl sites for hydroxylation is 1. The number of hydrogen-bond donors (Lipinski definition) is 3. The summed E-state index contributed by atoms with van der Waals surface area (Å²) in [7, 11) is 0. The first-order chi connectivity index (χ1) is 9.28. The number of carbonyl (C=O) groups excluding carboxylic acids is 1. The molecule has 0 saturated heterocycles. The van der Waals surface area contributed by atoms with Gasteiger partial charge in [-0.05, 0) is 31.4 Å². The maximum Gasteiger partial charge on any atom is 0.315 e. The van der Waals surface area contributed by atoms with Crippen molar-refractivity contribution in [3.63, 3.8) is 0 Å². The first-order valence-corrected chi connectivity index (χ1v) is 6.90. The van der Waals surface area contributed by atoms with Gasteiger partial charge in [0.1, 0.15) is 0 Å². The Morgan fingerprint density at radius 2 is 2.26 bits per heavy atom. The average molecular weight is 257 g/mol. The zero-order chi connectivity index (χ0) is 13.2. The van der Waals surface area contributed by atoms with E-state index >= 15 is 0 Å². The van der Waals surface area contributed by atoms with E-state index in [0.717, 1.165) is 19.3 Å². The van der Waals surface area contributed by atoms with Crippen LogP contribution in [0.3, 0.4) is 0 Å². The maximum atomic E-state index is 11.6. The predicted octanol–water partition coefficient (Wildman–Crippen LogP) is 2.34. The van der Waals surface area contributed by atoms with Gasteiger partial charge in [-0.15, -0.1) is 0 Å². The molecule has 1 aliphatic rings. The van der Waals surface area contributed by atoms with Crippen LogP contribution >= 0.6 is 0 Å². The van der Waals surface area contributed by atoms with Crippen LogP contribution < -0.4 is 10.6 Å². The molecule has 0 spiro atoms. The van der Waals surface area contributed by atoms with Gasteiger partial charge in [0.25, 0.3) is 0 Å². The summed E-state index contributed by atoms with van der Waals surface area (Å²) in [5.41, 5.74) is 3.89. The Labute approximate surface area is 112 Å². The Balaban J connectivity index is 1.78. The van der Waals surface area contributed by atoms with Crippen LogP contribution in [0.1, 0.15) is 24.6 Å². The molecule has 3 rings (SSSR count). The molecule has 3 N–H and O–H groups in total. The number of urea groups is 1. The van der Waals surface area contributed by atoms with Crippen molar-refractivity contribution in [3.05, 3.63) is 35.5 Å². The van der Waals surface area contributed by atoms with Gasteiger partial charge in [-0.3, -0.25) is 0 Å². The number of aromatic amines is 1. The van der Waals surface area contributed by atoms with Crippen LogP contribution in [0.2, 0.25) is 0 Å². The fourth-order valence-corrected chi connectivity index (χ4v) is 2.90. The third-order valence-corrected chi connectivity index (χ3v) is 3.77. The lowest BCUT2D eigenvalue weighted by Crippen LogP contribution is -2.44. The molecule has 4 heteroatoms. The quantitative estimate of drug-likeness (QED) is 0.760. The van der Waals surface area contributed by atoms with Crippen molar-refractivity contribution in [2.24, 2.45) is 0 Å². The number of H-pyrrole nitrogens is 1. The van der Waals surface area contributed by atoms with Crippen LogP contribution in [0.25, 0.3) is 10.9 Å². The van der Waals surface area contributed by atoms with E-state index in [2.05, 4.69) is 39.9 Å². The molecule has 1 atom stereocenters.